The first-order valence-corrected chi connectivity index (χ1v) is 5.76. The molecular weight excluding hydrogens is 230 g/mol. The van der Waals surface area contributed by atoms with Crippen molar-refractivity contribution in [2.45, 2.75) is 26.3 Å². The Labute approximate surface area is 106 Å². The number of carboxylic acids is 1. The van der Waals surface area contributed by atoms with Gasteiger partial charge in [0, 0.05) is 5.56 Å². The molecule has 1 aromatic carbocycles. The minimum Gasteiger partial charge on any atom is -0.480 e. The largest absolute Gasteiger partial charge is 0.480 e. The maximum absolute atomic E-state index is 11.9. The molecule has 1 atom stereocenters. The van der Waals surface area contributed by atoms with Gasteiger partial charge in [0.15, 0.2) is 0 Å². The fraction of sp³-hybridized carbons (Fsp3) is 0.286. The highest BCUT2D eigenvalue weighted by Crippen LogP contribution is 2.07. The highest BCUT2D eigenvalue weighted by atomic mass is 16.4. The summed E-state index contributed by atoms with van der Waals surface area (Å²) in [6.07, 6.45) is 3.76. The minimum absolute atomic E-state index is 0.281. The van der Waals surface area contributed by atoms with Crippen molar-refractivity contribution >= 4 is 11.9 Å². The fourth-order valence-corrected chi connectivity index (χ4v) is 1.56. The van der Waals surface area contributed by atoms with Gasteiger partial charge >= 0.3 is 5.97 Å². The van der Waals surface area contributed by atoms with Gasteiger partial charge in [-0.2, -0.15) is 0 Å². The second kappa shape index (κ2) is 6.59. The third-order valence-corrected chi connectivity index (χ3v) is 2.60. The molecule has 0 aliphatic carbocycles. The van der Waals surface area contributed by atoms with Crippen molar-refractivity contribution < 1.29 is 14.7 Å². The average Bonchev–Trinajstić information content (AvgIpc) is 2.34. The van der Waals surface area contributed by atoms with Gasteiger partial charge in [0.1, 0.15) is 6.04 Å². The molecule has 0 aliphatic heterocycles. The molecule has 18 heavy (non-hydrogen) atoms. The van der Waals surface area contributed by atoms with E-state index in [1.165, 1.54) is 0 Å². The molecule has 0 spiro atoms. The van der Waals surface area contributed by atoms with Crippen LogP contribution in [0.1, 0.15) is 29.3 Å². The first kappa shape index (κ1) is 14.0. The number of rotatable bonds is 5. The van der Waals surface area contributed by atoms with Gasteiger partial charge in [-0.15, -0.1) is 0 Å². The summed E-state index contributed by atoms with van der Waals surface area (Å²) < 4.78 is 0. The second-order valence-corrected chi connectivity index (χ2v) is 3.98. The SMILES string of the molecule is C/C=C/CC(NC(=O)c1ccccc1C)C(=O)O. The van der Waals surface area contributed by atoms with Crippen LogP contribution < -0.4 is 5.32 Å². The fourth-order valence-electron chi connectivity index (χ4n) is 1.56. The summed E-state index contributed by atoms with van der Waals surface area (Å²) in [5.74, 6) is -1.39. The van der Waals surface area contributed by atoms with Crippen LogP contribution in [0.15, 0.2) is 36.4 Å². The number of amides is 1. The number of carboxylic acid groups (broad SMARTS) is 1. The summed E-state index contributed by atoms with van der Waals surface area (Å²) in [6.45, 7) is 3.62. The maximum Gasteiger partial charge on any atom is 0.326 e. The number of benzene rings is 1. The number of carbonyl (C=O) groups excluding carboxylic acids is 1. The van der Waals surface area contributed by atoms with Crippen molar-refractivity contribution in [3.05, 3.63) is 47.5 Å². The normalized spacial score (nSPS) is 12.3. The lowest BCUT2D eigenvalue weighted by molar-refractivity contribution is -0.139. The predicted molar refractivity (Wildman–Crippen MR) is 69.5 cm³/mol. The van der Waals surface area contributed by atoms with Gasteiger partial charge in [-0.3, -0.25) is 4.79 Å². The first-order valence-electron chi connectivity index (χ1n) is 5.76. The molecule has 4 nitrogen and oxygen atoms in total. The van der Waals surface area contributed by atoms with E-state index in [0.717, 1.165) is 5.56 Å². The number of carbonyl (C=O) groups is 2. The van der Waals surface area contributed by atoms with E-state index in [2.05, 4.69) is 5.32 Å². The molecule has 96 valence electrons. The Kier molecular flexibility index (Phi) is 5.11. The van der Waals surface area contributed by atoms with E-state index in [1.54, 1.807) is 24.3 Å². The predicted octanol–water partition coefficient (Wildman–Crippen LogP) is 2.14. The third kappa shape index (κ3) is 3.73. The van der Waals surface area contributed by atoms with Crippen molar-refractivity contribution in [2.75, 3.05) is 0 Å². The molecule has 0 aromatic heterocycles. The van der Waals surface area contributed by atoms with Crippen molar-refractivity contribution in [3.63, 3.8) is 0 Å². The Morgan fingerprint density at radius 3 is 2.61 bits per heavy atom. The van der Waals surface area contributed by atoms with Crippen LogP contribution in [-0.4, -0.2) is 23.0 Å². The quantitative estimate of drug-likeness (QED) is 0.783. The molecule has 4 heteroatoms. The zero-order valence-electron chi connectivity index (χ0n) is 10.5. The van der Waals surface area contributed by atoms with Crippen LogP contribution in [0, 0.1) is 6.92 Å². The summed E-state index contributed by atoms with van der Waals surface area (Å²) in [7, 11) is 0. The van der Waals surface area contributed by atoms with Crippen LogP contribution >= 0.6 is 0 Å². The van der Waals surface area contributed by atoms with E-state index in [-0.39, 0.29) is 12.3 Å². The minimum atomic E-state index is -1.03. The van der Waals surface area contributed by atoms with Gasteiger partial charge in [-0.25, -0.2) is 4.79 Å². The summed E-state index contributed by atoms with van der Waals surface area (Å²) in [6, 6.07) is 6.19. The molecule has 0 heterocycles. The van der Waals surface area contributed by atoms with E-state index in [1.807, 2.05) is 26.0 Å². The monoisotopic (exact) mass is 247 g/mol. The highest BCUT2D eigenvalue weighted by molar-refractivity contribution is 5.97. The van der Waals surface area contributed by atoms with E-state index in [4.69, 9.17) is 5.11 Å². The van der Waals surface area contributed by atoms with E-state index in [0.29, 0.717) is 5.56 Å². The Morgan fingerprint density at radius 1 is 1.39 bits per heavy atom. The standard InChI is InChI=1S/C14H17NO3/c1-3-4-9-12(14(17)18)15-13(16)11-8-6-5-7-10(11)2/h3-8,12H,9H2,1-2H3,(H,15,16)(H,17,18)/b4-3+. The summed E-state index contributed by atoms with van der Waals surface area (Å²) in [5.41, 5.74) is 1.33. The van der Waals surface area contributed by atoms with Gasteiger partial charge in [0.2, 0.25) is 0 Å². The van der Waals surface area contributed by atoms with E-state index >= 15 is 0 Å². The molecule has 0 aliphatic rings. The molecule has 0 radical (unpaired) electrons. The van der Waals surface area contributed by atoms with Crippen LogP contribution in [0.4, 0.5) is 0 Å². The van der Waals surface area contributed by atoms with Crippen LogP contribution in [-0.2, 0) is 4.79 Å². The smallest absolute Gasteiger partial charge is 0.326 e. The highest BCUT2D eigenvalue weighted by Gasteiger charge is 2.19. The lowest BCUT2D eigenvalue weighted by Crippen LogP contribution is -2.40. The second-order valence-electron chi connectivity index (χ2n) is 3.98. The topological polar surface area (TPSA) is 66.4 Å². The Balaban J connectivity index is 2.79. The lowest BCUT2D eigenvalue weighted by atomic mass is 10.1. The van der Waals surface area contributed by atoms with Crippen molar-refractivity contribution in [2.24, 2.45) is 0 Å². The number of hydrogen-bond donors (Lipinski definition) is 2. The number of aryl methyl sites for hydroxylation is 1. The number of aliphatic carboxylic acids is 1. The third-order valence-electron chi connectivity index (χ3n) is 2.60. The van der Waals surface area contributed by atoms with E-state index in [9.17, 15) is 9.59 Å². The molecule has 1 amide bonds. The Morgan fingerprint density at radius 2 is 2.06 bits per heavy atom. The van der Waals surface area contributed by atoms with Crippen molar-refractivity contribution in [3.8, 4) is 0 Å². The number of allylic oxidation sites excluding steroid dienone is 1. The van der Waals surface area contributed by atoms with Crippen LogP contribution in [0.25, 0.3) is 0 Å². The molecule has 1 aromatic rings. The Hall–Kier alpha value is -2.10. The molecular formula is C14H17NO3. The molecule has 0 saturated carbocycles. The van der Waals surface area contributed by atoms with Gasteiger partial charge in [-0.1, -0.05) is 30.4 Å². The summed E-state index contributed by atoms with van der Waals surface area (Å²) >= 11 is 0. The first-order chi connectivity index (χ1) is 8.56. The van der Waals surface area contributed by atoms with Gasteiger partial charge in [-0.05, 0) is 31.9 Å². The maximum atomic E-state index is 11.9. The van der Waals surface area contributed by atoms with Crippen LogP contribution in [0.3, 0.4) is 0 Å². The molecule has 1 unspecified atom stereocenters. The number of nitrogens with one attached hydrogen (secondary N) is 1. The average molecular weight is 247 g/mol. The van der Waals surface area contributed by atoms with Gasteiger partial charge in [0.25, 0.3) is 5.91 Å². The zero-order chi connectivity index (χ0) is 13.5. The van der Waals surface area contributed by atoms with E-state index < -0.39 is 12.0 Å². The number of hydrogen-bond acceptors (Lipinski definition) is 2. The van der Waals surface area contributed by atoms with Crippen LogP contribution in [0.2, 0.25) is 0 Å². The summed E-state index contributed by atoms with van der Waals surface area (Å²) in [4.78, 5) is 23.0. The molecule has 0 saturated heterocycles. The van der Waals surface area contributed by atoms with Gasteiger partial charge < -0.3 is 10.4 Å². The van der Waals surface area contributed by atoms with Crippen molar-refractivity contribution in [1.82, 2.24) is 5.32 Å². The Bertz CT molecular complexity index is 466. The summed E-state index contributed by atoms with van der Waals surface area (Å²) in [5, 5.41) is 11.5. The molecule has 0 fully saturated rings. The van der Waals surface area contributed by atoms with Gasteiger partial charge in [0.05, 0.1) is 0 Å². The molecule has 1 rings (SSSR count). The van der Waals surface area contributed by atoms with Crippen molar-refractivity contribution in [1.29, 1.82) is 0 Å². The lowest BCUT2D eigenvalue weighted by Gasteiger charge is -2.13. The van der Waals surface area contributed by atoms with Crippen LogP contribution in [0.5, 0.6) is 0 Å². The molecule has 0 bridgehead atoms. The molecule has 2 N–H and O–H groups in total. The zero-order valence-corrected chi connectivity index (χ0v) is 10.5.